The van der Waals surface area contributed by atoms with Crippen LogP contribution in [0.2, 0.25) is 0 Å². The van der Waals surface area contributed by atoms with Gasteiger partial charge in [0.2, 0.25) is 0 Å². The molecule has 0 saturated carbocycles. The van der Waals surface area contributed by atoms with E-state index >= 15 is 0 Å². The molecular weight excluding hydrogens is 186 g/mol. The first-order valence-electron chi connectivity index (χ1n) is 3.91. The molecule has 0 fully saturated rings. The zero-order valence-corrected chi connectivity index (χ0v) is 7.38. The molecule has 1 atom stereocenters. The Hall–Kier alpha value is -1.73. The SMILES string of the molecule is NC[C@@H](N)c1cc([N+](=O)[O-])cnc1N. The van der Waals surface area contributed by atoms with Crippen molar-refractivity contribution in [1.82, 2.24) is 4.98 Å². The lowest BCUT2D eigenvalue weighted by Crippen LogP contribution is -2.22. The van der Waals surface area contributed by atoms with Crippen LogP contribution in [0.3, 0.4) is 0 Å². The minimum atomic E-state index is -0.556. The van der Waals surface area contributed by atoms with Crippen LogP contribution in [-0.2, 0) is 0 Å². The van der Waals surface area contributed by atoms with Crippen LogP contribution in [0, 0.1) is 10.1 Å². The van der Waals surface area contributed by atoms with E-state index in [0.29, 0.717) is 5.56 Å². The third-order valence-electron chi connectivity index (χ3n) is 1.80. The molecule has 1 heterocycles. The van der Waals surface area contributed by atoms with Gasteiger partial charge < -0.3 is 17.2 Å². The molecule has 0 aliphatic rings. The lowest BCUT2D eigenvalue weighted by Gasteiger charge is -2.10. The summed E-state index contributed by atoms with van der Waals surface area (Å²) in [6, 6.07) is 0.766. The summed E-state index contributed by atoms with van der Waals surface area (Å²) < 4.78 is 0. The maximum absolute atomic E-state index is 10.4. The summed E-state index contributed by atoms with van der Waals surface area (Å²) >= 11 is 0. The molecule has 0 radical (unpaired) electrons. The summed E-state index contributed by atoms with van der Waals surface area (Å²) in [5.41, 5.74) is 16.7. The van der Waals surface area contributed by atoms with Crippen molar-refractivity contribution in [2.75, 3.05) is 12.3 Å². The molecular formula is C7H11N5O2. The molecule has 1 rings (SSSR count). The standard InChI is InChI=1S/C7H11N5O2/c8-2-6(9)5-1-4(12(13)14)3-11-7(5)10/h1,3,6H,2,8-9H2,(H2,10,11)/t6-/m1/s1. The Labute approximate surface area is 80.1 Å². The van der Waals surface area contributed by atoms with Gasteiger partial charge in [-0.3, -0.25) is 10.1 Å². The highest BCUT2D eigenvalue weighted by Gasteiger charge is 2.14. The molecule has 0 aliphatic carbocycles. The number of pyridine rings is 1. The molecule has 0 bridgehead atoms. The van der Waals surface area contributed by atoms with E-state index in [9.17, 15) is 10.1 Å². The number of nitrogens with zero attached hydrogens (tertiary/aromatic N) is 2. The zero-order chi connectivity index (χ0) is 10.7. The highest BCUT2D eigenvalue weighted by atomic mass is 16.6. The van der Waals surface area contributed by atoms with Crippen LogP contribution in [0.4, 0.5) is 11.5 Å². The van der Waals surface area contributed by atoms with Crippen molar-refractivity contribution in [3.05, 3.63) is 27.9 Å². The summed E-state index contributed by atoms with van der Waals surface area (Å²) in [5, 5.41) is 10.4. The number of nitrogens with two attached hydrogens (primary N) is 3. The largest absolute Gasteiger partial charge is 0.383 e. The molecule has 6 N–H and O–H groups in total. The van der Waals surface area contributed by atoms with Crippen molar-refractivity contribution >= 4 is 11.5 Å². The Morgan fingerprint density at radius 1 is 1.64 bits per heavy atom. The average molecular weight is 197 g/mol. The van der Waals surface area contributed by atoms with Crippen molar-refractivity contribution in [3.63, 3.8) is 0 Å². The van der Waals surface area contributed by atoms with Crippen molar-refractivity contribution in [3.8, 4) is 0 Å². The Balaban J connectivity index is 3.14. The first kappa shape index (κ1) is 10.4. The third-order valence-corrected chi connectivity index (χ3v) is 1.80. The molecule has 0 aromatic carbocycles. The first-order valence-corrected chi connectivity index (χ1v) is 3.91. The molecule has 0 aliphatic heterocycles. The monoisotopic (exact) mass is 197 g/mol. The van der Waals surface area contributed by atoms with Gasteiger partial charge in [-0.2, -0.15) is 0 Å². The summed E-state index contributed by atoms with van der Waals surface area (Å²) in [6.45, 7) is 0.160. The van der Waals surface area contributed by atoms with Gasteiger partial charge in [-0.25, -0.2) is 4.98 Å². The van der Waals surface area contributed by atoms with E-state index in [1.165, 1.54) is 6.07 Å². The number of hydrogen-bond donors (Lipinski definition) is 3. The molecule has 0 spiro atoms. The van der Waals surface area contributed by atoms with Crippen LogP contribution in [0.25, 0.3) is 0 Å². The Morgan fingerprint density at radius 2 is 2.29 bits per heavy atom. The van der Waals surface area contributed by atoms with E-state index < -0.39 is 11.0 Å². The lowest BCUT2D eigenvalue weighted by atomic mass is 10.1. The molecule has 0 amide bonds. The summed E-state index contributed by atoms with van der Waals surface area (Å²) in [4.78, 5) is 13.5. The van der Waals surface area contributed by atoms with Gasteiger partial charge in [0.05, 0.1) is 4.92 Å². The lowest BCUT2D eigenvalue weighted by molar-refractivity contribution is -0.385. The van der Waals surface area contributed by atoms with Crippen LogP contribution in [-0.4, -0.2) is 16.5 Å². The highest BCUT2D eigenvalue weighted by molar-refractivity contribution is 5.47. The van der Waals surface area contributed by atoms with Crippen LogP contribution in [0.1, 0.15) is 11.6 Å². The number of aromatic nitrogens is 1. The van der Waals surface area contributed by atoms with E-state index in [1.54, 1.807) is 0 Å². The number of hydrogen-bond acceptors (Lipinski definition) is 6. The van der Waals surface area contributed by atoms with E-state index in [-0.39, 0.29) is 18.1 Å². The second-order valence-corrected chi connectivity index (χ2v) is 2.77. The minimum absolute atomic E-state index is 0.141. The topological polar surface area (TPSA) is 134 Å². The van der Waals surface area contributed by atoms with Gasteiger partial charge in [-0.15, -0.1) is 0 Å². The first-order chi connectivity index (χ1) is 6.56. The predicted octanol–water partition coefficient (Wildman–Crippen LogP) is -0.470. The van der Waals surface area contributed by atoms with E-state index in [2.05, 4.69) is 4.98 Å². The molecule has 14 heavy (non-hydrogen) atoms. The fraction of sp³-hybridized carbons (Fsp3) is 0.286. The molecule has 1 aromatic rings. The van der Waals surface area contributed by atoms with Gasteiger partial charge >= 0.3 is 0 Å². The maximum Gasteiger partial charge on any atom is 0.288 e. The Morgan fingerprint density at radius 3 is 2.79 bits per heavy atom. The van der Waals surface area contributed by atoms with Crippen molar-refractivity contribution in [2.24, 2.45) is 11.5 Å². The van der Waals surface area contributed by atoms with Crippen LogP contribution >= 0.6 is 0 Å². The minimum Gasteiger partial charge on any atom is -0.383 e. The van der Waals surface area contributed by atoms with Crippen molar-refractivity contribution < 1.29 is 4.92 Å². The summed E-state index contributed by atoms with van der Waals surface area (Å²) in [5.74, 6) is 0.175. The number of nitro groups is 1. The molecule has 1 aromatic heterocycles. The smallest absolute Gasteiger partial charge is 0.288 e. The van der Waals surface area contributed by atoms with Gasteiger partial charge in [0.15, 0.2) is 0 Å². The van der Waals surface area contributed by atoms with Crippen LogP contribution in [0.15, 0.2) is 12.3 Å². The second kappa shape index (κ2) is 3.99. The maximum atomic E-state index is 10.4. The van der Waals surface area contributed by atoms with E-state index in [1.807, 2.05) is 0 Å². The summed E-state index contributed by atoms with van der Waals surface area (Å²) in [6.07, 6.45) is 1.09. The second-order valence-electron chi connectivity index (χ2n) is 2.77. The van der Waals surface area contributed by atoms with Crippen LogP contribution < -0.4 is 17.2 Å². The van der Waals surface area contributed by atoms with Gasteiger partial charge in [0.1, 0.15) is 12.0 Å². The van der Waals surface area contributed by atoms with Gasteiger partial charge in [-0.05, 0) is 0 Å². The van der Waals surface area contributed by atoms with E-state index in [0.717, 1.165) is 6.20 Å². The predicted molar refractivity (Wildman–Crippen MR) is 51.3 cm³/mol. The highest BCUT2D eigenvalue weighted by Crippen LogP contribution is 2.20. The van der Waals surface area contributed by atoms with Crippen molar-refractivity contribution in [2.45, 2.75) is 6.04 Å². The zero-order valence-electron chi connectivity index (χ0n) is 7.38. The molecule has 76 valence electrons. The normalized spacial score (nSPS) is 12.4. The molecule has 7 nitrogen and oxygen atoms in total. The van der Waals surface area contributed by atoms with E-state index in [4.69, 9.17) is 17.2 Å². The third kappa shape index (κ3) is 1.95. The molecule has 0 saturated heterocycles. The van der Waals surface area contributed by atoms with Crippen LogP contribution in [0.5, 0.6) is 0 Å². The average Bonchev–Trinajstić information content (AvgIpc) is 2.17. The fourth-order valence-corrected chi connectivity index (χ4v) is 1.00. The van der Waals surface area contributed by atoms with Gasteiger partial charge in [0.25, 0.3) is 5.69 Å². The van der Waals surface area contributed by atoms with Gasteiger partial charge in [0, 0.05) is 24.2 Å². The fourth-order valence-electron chi connectivity index (χ4n) is 1.00. The number of nitrogen functional groups attached to an aromatic ring is 1. The number of anilines is 1. The molecule has 0 unspecified atom stereocenters. The quantitative estimate of drug-likeness (QED) is 0.443. The van der Waals surface area contributed by atoms with Crippen molar-refractivity contribution in [1.29, 1.82) is 0 Å². The number of rotatable bonds is 3. The Bertz CT molecular complexity index is 354. The summed E-state index contributed by atoms with van der Waals surface area (Å²) in [7, 11) is 0. The molecule has 7 heteroatoms. The van der Waals surface area contributed by atoms with Gasteiger partial charge in [-0.1, -0.05) is 0 Å². The Kier molecular flexibility index (Phi) is 2.95.